The molecule has 1 amide bonds. The van der Waals surface area contributed by atoms with E-state index >= 15 is 0 Å². The first-order chi connectivity index (χ1) is 15.8. The Morgan fingerprint density at radius 2 is 2.12 bits per heavy atom. The Balaban J connectivity index is 1.42. The molecule has 2 aliphatic heterocycles. The number of sulfonamides is 1. The molecule has 1 aromatic rings. The highest BCUT2D eigenvalue weighted by molar-refractivity contribution is 7.89. The number of likely N-dealkylation sites (tertiary alicyclic amines) is 1. The molecule has 2 heterocycles. The maximum Gasteiger partial charge on any atom is 0.214 e. The van der Waals surface area contributed by atoms with Crippen molar-refractivity contribution in [2.24, 2.45) is 11.8 Å². The summed E-state index contributed by atoms with van der Waals surface area (Å²) in [5.74, 6) is 1.65. The Kier molecular flexibility index (Phi) is 5.07. The van der Waals surface area contributed by atoms with Gasteiger partial charge in [0.15, 0.2) is 0 Å². The predicted molar refractivity (Wildman–Crippen MR) is 124 cm³/mol. The molecule has 2 bridgehead atoms. The monoisotopic (exact) mass is 475 g/mol. The number of anilines is 1. The SMILES string of the molecule is CC(O)CS(=O)(=O)N[C@@H]1CC[C@H]2[C@H]3Cc4ccc(NC=O)c5c4[C@@]2(CCN3CC2CC2)[C@H]1O5. The van der Waals surface area contributed by atoms with Crippen LogP contribution >= 0.6 is 0 Å². The molecule has 6 rings (SSSR count). The number of hydrogen-bond acceptors (Lipinski definition) is 6. The van der Waals surface area contributed by atoms with Gasteiger partial charge in [0.25, 0.3) is 0 Å². The van der Waals surface area contributed by atoms with Crippen LogP contribution in [0.1, 0.15) is 50.2 Å². The van der Waals surface area contributed by atoms with E-state index in [2.05, 4.69) is 21.0 Å². The fourth-order valence-electron chi connectivity index (χ4n) is 7.39. The van der Waals surface area contributed by atoms with Gasteiger partial charge in [-0.3, -0.25) is 9.69 Å². The second-order valence-electron chi connectivity index (χ2n) is 10.8. The first-order valence-corrected chi connectivity index (χ1v) is 13.9. The summed E-state index contributed by atoms with van der Waals surface area (Å²) >= 11 is 0. The first-order valence-electron chi connectivity index (χ1n) is 12.3. The van der Waals surface area contributed by atoms with E-state index < -0.39 is 16.1 Å². The second kappa shape index (κ2) is 7.66. The van der Waals surface area contributed by atoms with Crippen molar-refractivity contribution in [2.45, 2.75) is 75.2 Å². The molecule has 1 unspecified atom stereocenters. The van der Waals surface area contributed by atoms with Crippen molar-refractivity contribution in [3.8, 4) is 5.75 Å². The van der Waals surface area contributed by atoms with Crippen molar-refractivity contribution in [3.63, 3.8) is 0 Å². The molecule has 0 aromatic heterocycles. The number of rotatable bonds is 8. The molecular formula is C24H33N3O5S. The Morgan fingerprint density at radius 1 is 1.30 bits per heavy atom. The van der Waals surface area contributed by atoms with Gasteiger partial charge in [-0.15, -0.1) is 0 Å². The quantitative estimate of drug-likeness (QED) is 0.490. The Labute approximate surface area is 195 Å². The Morgan fingerprint density at radius 3 is 2.85 bits per heavy atom. The van der Waals surface area contributed by atoms with Crippen LogP contribution in [0.2, 0.25) is 0 Å². The lowest BCUT2D eigenvalue weighted by Gasteiger charge is -2.59. The highest BCUT2D eigenvalue weighted by Crippen LogP contribution is 2.63. The summed E-state index contributed by atoms with van der Waals surface area (Å²) in [7, 11) is -3.65. The molecule has 2 saturated carbocycles. The van der Waals surface area contributed by atoms with Gasteiger partial charge in [0.05, 0.1) is 23.6 Å². The number of benzene rings is 1. The average molecular weight is 476 g/mol. The third-order valence-electron chi connectivity index (χ3n) is 8.65. The van der Waals surface area contributed by atoms with E-state index in [9.17, 15) is 18.3 Å². The van der Waals surface area contributed by atoms with Crippen LogP contribution in [0, 0.1) is 11.8 Å². The molecule has 0 radical (unpaired) electrons. The molecule has 8 nitrogen and oxygen atoms in total. The molecule has 9 heteroatoms. The first kappa shape index (κ1) is 21.8. The van der Waals surface area contributed by atoms with E-state index in [-0.39, 0.29) is 23.3 Å². The molecule has 5 aliphatic rings. The van der Waals surface area contributed by atoms with Crippen molar-refractivity contribution >= 4 is 22.1 Å². The van der Waals surface area contributed by atoms with Gasteiger partial charge in [0, 0.05) is 23.6 Å². The standard InChI is InChI=1S/C24H33N3O5S/c1-14(29)12-33(30,31)26-19-7-5-17-20-10-16-4-6-18(25-13-28)22-21(16)24(17,23(19)32-22)8-9-27(20)11-15-2-3-15/h4,6,13-15,17,19-20,23,26,29H,2-3,5,7-12H2,1H3,(H,25,28)/t14?,17-,19+,20+,23-,24-/m0/s1. The predicted octanol–water partition coefficient (Wildman–Crippen LogP) is 1.37. The normalized spacial score (nSPS) is 35.5. The number of aliphatic hydroxyl groups is 1. The van der Waals surface area contributed by atoms with Crippen LogP contribution in [-0.4, -0.2) is 68.0 Å². The van der Waals surface area contributed by atoms with Crippen molar-refractivity contribution in [3.05, 3.63) is 23.3 Å². The molecule has 6 atom stereocenters. The lowest BCUT2D eigenvalue weighted by molar-refractivity contribution is -0.105. The molecule has 3 aliphatic carbocycles. The third kappa shape index (κ3) is 3.42. The molecule has 3 N–H and O–H groups in total. The second-order valence-corrected chi connectivity index (χ2v) is 12.6. The number of piperidine rings is 1. The number of amides is 1. The summed E-state index contributed by atoms with van der Waals surface area (Å²) < 4.78 is 35.0. The zero-order chi connectivity index (χ0) is 23.0. The highest BCUT2D eigenvalue weighted by Gasteiger charge is 2.66. The van der Waals surface area contributed by atoms with Crippen LogP contribution in [-0.2, 0) is 26.7 Å². The minimum Gasteiger partial charge on any atom is -0.485 e. The largest absolute Gasteiger partial charge is 0.485 e. The van der Waals surface area contributed by atoms with Gasteiger partial charge in [0.2, 0.25) is 16.4 Å². The zero-order valence-corrected chi connectivity index (χ0v) is 19.8. The van der Waals surface area contributed by atoms with Crippen molar-refractivity contribution < 1.29 is 23.1 Å². The number of carbonyl (C=O) groups is 1. The highest BCUT2D eigenvalue weighted by atomic mass is 32.2. The third-order valence-corrected chi connectivity index (χ3v) is 10.2. The molecule has 1 saturated heterocycles. The topological polar surface area (TPSA) is 108 Å². The van der Waals surface area contributed by atoms with Gasteiger partial charge in [-0.05, 0) is 75.5 Å². The van der Waals surface area contributed by atoms with E-state index in [1.54, 1.807) is 0 Å². The maximum atomic E-state index is 12.8. The number of aliphatic hydroxyl groups excluding tert-OH is 1. The smallest absolute Gasteiger partial charge is 0.214 e. The molecular weight excluding hydrogens is 442 g/mol. The van der Waals surface area contributed by atoms with Crippen LogP contribution in [0.25, 0.3) is 0 Å². The molecule has 1 aromatic carbocycles. The summed E-state index contributed by atoms with van der Waals surface area (Å²) in [6, 6.07) is 4.14. The molecule has 1 spiro atoms. The molecule has 180 valence electrons. The zero-order valence-electron chi connectivity index (χ0n) is 19.0. The maximum absolute atomic E-state index is 12.8. The van der Waals surface area contributed by atoms with E-state index in [1.165, 1.54) is 37.4 Å². The Bertz CT molecular complexity index is 1070. The average Bonchev–Trinajstić information content (AvgIpc) is 3.49. The van der Waals surface area contributed by atoms with E-state index in [0.717, 1.165) is 37.5 Å². The van der Waals surface area contributed by atoms with Gasteiger partial charge < -0.3 is 15.2 Å². The van der Waals surface area contributed by atoms with Crippen LogP contribution in [0.5, 0.6) is 5.75 Å². The van der Waals surface area contributed by atoms with Crippen molar-refractivity contribution in [2.75, 3.05) is 24.2 Å². The van der Waals surface area contributed by atoms with Crippen molar-refractivity contribution in [1.29, 1.82) is 0 Å². The van der Waals surface area contributed by atoms with Crippen LogP contribution in [0.4, 0.5) is 5.69 Å². The molecule has 33 heavy (non-hydrogen) atoms. The van der Waals surface area contributed by atoms with Crippen molar-refractivity contribution in [1.82, 2.24) is 9.62 Å². The lowest BCUT2D eigenvalue weighted by atomic mass is 9.51. The minimum atomic E-state index is -3.65. The Hall–Kier alpha value is -1.68. The van der Waals surface area contributed by atoms with Gasteiger partial charge in [-0.25, -0.2) is 13.1 Å². The number of nitrogens with zero attached hydrogens (tertiary/aromatic N) is 1. The van der Waals surface area contributed by atoms with Gasteiger partial charge in [-0.1, -0.05) is 6.07 Å². The number of hydrogen-bond donors (Lipinski definition) is 3. The van der Waals surface area contributed by atoms with Crippen LogP contribution < -0.4 is 14.8 Å². The summed E-state index contributed by atoms with van der Waals surface area (Å²) in [5, 5.41) is 12.5. The number of ether oxygens (including phenoxy) is 1. The lowest BCUT2D eigenvalue weighted by Crippen LogP contribution is -2.69. The summed E-state index contributed by atoms with van der Waals surface area (Å²) in [4.78, 5) is 14.0. The van der Waals surface area contributed by atoms with E-state index in [4.69, 9.17) is 4.74 Å². The number of nitrogens with one attached hydrogen (secondary N) is 2. The molecule has 3 fully saturated rings. The summed E-state index contributed by atoms with van der Waals surface area (Å²) in [5.41, 5.74) is 2.89. The van der Waals surface area contributed by atoms with E-state index in [0.29, 0.717) is 30.5 Å². The minimum absolute atomic E-state index is 0.246. The fraction of sp³-hybridized carbons (Fsp3) is 0.708. The van der Waals surface area contributed by atoms with Gasteiger partial charge >= 0.3 is 0 Å². The van der Waals surface area contributed by atoms with Crippen LogP contribution in [0.15, 0.2) is 12.1 Å². The van der Waals surface area contributed by atoms with Crippen LogP contribution in [0.3, 0.4) is 0 Å². The summed E-state index contributed by atoms with van der Waals surface area (Å²) in [6.07, 6.45) is 5.67. The number of carbonyl (C=O) groups excluding carboxylic acids is 1. The van der Waals surface area contributed by atoms with Gasteiger partial charge in [0.1, 0.15) is 11.9 Å². The van der Waals surface area contributed by atoms with Gasteiger partial charge in [-0.2, -0.15) is 0 Å². The fourth-order valence-corrected chi connectivity index (χ4v) is 8.83. The van der Waals surface area contributed by atoms with E-state index in [1.807, 2.05) is 6.07 Å². The summed E-state index contributed by atoms with van der Waals surface area (Å²) in [6.45, 7) is 3.65.